The highest BCUT2D eigenvalue weighted by molar-refractivity contribution is 9.10. The quantitative estimate of drug-likeness (QED) is 0.487. The molecule has 0 aliphatic rings. The largest absolute Gasteiger partial charge is 0.496 e. The molecule has 4 heteroatoms. The van der Waals surface area contributed by atoms with E-state index < -0.39 is 0 Å². The Balaban J connectivity index is 3.57. The number of Topliss-reactive ketones (excluding diaryl/α,β-unsaturated/α-hetero) is 1. The molecule has 0 fully saturated rings. The van der Waals surface area contributed by atoms with E-state index in [1.54, 1.807) is 0 Å². The summed E-state index contributed by atoms with van der Waals surface area (Å²) in [6.07, 6.45) is 0.496. The number of ether oxygens (including phenoxy) is 1. The van der Waals surface area contributed by atoms with Gasteiger partial charge in [-0.25, -0.2) is 0 Å². The number of carbonyl (C=O) groups excluding carboxylic acids is 2. The Morgan fingerprint density at radius 3 is 2.29 bits per heavy atom. The van der Waals surface area contributed by atoms with Gasteiger partial charge >= 0.3 is 0 Å². The smallest absolute Gasteiger partial charge is 0.173 e. The minimum Gasteiger partial charge on any atom is -0.496 e. The highest BCUT2D eigenvalue weighted by Crippen LogP contribution is 2.36. The minimum atomic E-state index is -0.210. The highest BCUT2D eigenvalue weighted by Gasteiger charge is 2.21. The van der Waals surface area contributed by atoms with E-state index in [9.17, 15) is 9.59 Å². The fourth-order valence-electron chi connectivity index (χ4n) is 1.85. The van der Waals surface area contributed by atoms with Gasteiger partial charge in [-0.15, -0.1) is 0 Å². The zero-order valence-electron chi connectivity index (χ0n) is 10.4. The Bertz CT molecular complexity index is 478. The zero-order valence-corrected chi connectivity index (χ0v) is 12.0. The molecule has 1 aromatic rings. The Labute approximate surface area is 109 Å². The Hall–Kier alpha value is -1.16. The van der Waals surface area contributed by atoms with E-state index in [1.165, 1.54) is 7.11 Å². The summed E-state index contributed by atoms with van der Waals surface area (Å²) >= 11 is 3.47. The number of rotatable bonds is 4. The standard InChI is InChI=1S/C13H15BrO3/c1-7-8(2)13(17-4)11(9(3)12(7)14)10(16)5-6-15/h6H,5H2,1-4H3. The summed E-state index contributed by atoms with van der Waals surface area (Å²) in [5, 5.41) is 0. The number of hydrogen-bond donors (Lipinski definition) is 0. The SMILES string of the molecule is COc1c(C)c(C)c(Br)c(C)c1C(=O)CC=O. The molecular weight excluding hydrogens is 284 g/mol. The fourth-order valence-corrected chi connectivity index (χ4v) is 2.35. The van der Waals surface area contributed by atoms with Crippen molar-refractivity contribution in [2.24, 2.45) is 0 Å². The lowest BCUT2D eigenvalue weighted by Crippen LogP contribution is -2.08. The third-order valence-corrected chi connectivity index (χ3v) is 4.10. The van der Waals surface area contributed by atoms with Gasteiger partial charge in [0.15, 0.2) is 5.78 Å². The summed E-state index contributed by atoms with van der Waals surface area (Å²) in [7, 11) is 1.53. The molecular formula is C13H15BrO3. The summed E-state index contributed by atoms with van der Waals surface area (Å²) in [5.74, 6) is 0.355. The second-order valence-corrected chi connectivity index (χ2v) is 4.68. The molecule has 92 valence electrons. The van der Waals surface area contributed by atoms with Gasteiger partial charge in [0.2, 0.25) is 0 Å². The van der Waals surface area contributed by atoms with Crippen LogP contribution in [0.3, 0.4) is 0 Å². The number of benzene rings is 1. The minimum absolute atomic E-state index is 0.119. The molecule has 0 aromatic heterocycles. The summed E-state index contributed by atoms with van der Waals surface area (Å²) in [5.41, 5.74) is 3.27. The maximum absolute atomic E-state index is 11.9. The van der Waals surface area contributed by atoms with Crippen molar-refractivity contribution in [3.05, 3.63) is 26.7 Å². The maximum atomic E-state index is 11.9. The van der Waals surface area contributed by atoms with Crippen molar-refractivity contribution in [2.75, 3.05) is 7.11 Å². The normalized spacial score (nSPS) is 10.2. The highest BCUT2D eigenvalue weighted by atomic mass is 79.9. The van der Waals surface area contributed by atoms with Gasteiger partial charge in [0, 0.05) is 4.47 Å². The monoisotopic (exact) mass is 298 g/mol. The molecule has 0 radical (unpaired) electrons. The molecule has 17 heavy (non-hydrogen) atoms. The Kier molecular flexibility index (Phi) is 4.46. The number of methoxy groups -OCH3 is 1. The van der Waals surface area contributed by atoms with E-state index in [2.05, 4.69) is 15.9 Å². The van der Waals surface area contributed by atoms with Gasteiger partial charge in [-0.1, -0.05) is 15.9 Å². The zero-order chi connectivity index (χ0) is 13.2. The number of hydrogen-bond acceptors (Lipinski definition) is 3. The van der Waals surface area contributed by atoms with E-state index in [0.717, 1.165) is 21.2 Å². The molecule has 0 bridgehead atoms. The summed E-state index contributed by atoms with van der Waals surface area (Å²) < 4.78 is 6.20. The second-order valence-electron chi connectivity index (χ2n) is 3.89. The van der Waals surface area contributed by atoms with Crippen LogP contribution in [0.2, 0.25) is 0 Å². The van der Waals surface area contributed by atoms with Crippen LogP contribution < -0.4 is 4.74 Å². The summed E-state index contributed by atoms with van der Waals surface area (Å²) in [4.78, 5) is 22.4. The van der Waals surface area contributed by atoms with Gasteiger partial charge in [-0.05, 0) is 37.5 Å². The number of carbonyl (C=O) groups is 2. The van der Waals surface area contributed by atoms with Crippen molar-refractivity contribution in [3.8, 4) is 5.75 Å². The van der Waals surface area contributed by atoms with Gasteiger partial charge in [-0.3, -0.25) is 4.79 Å². The molecule has 0 amide bonds. The molecule has 0 saturated carbocycles. The van der Waals surface area contributed by atoms with E-state index in [0.29, 0.717) is 17.6 Å². The first-order chi connectivity index (χ1) is 7.95. The van der Waals surface area contributed by atoms with E-state index in [4.69, 9.17) is 4.74 Å². The number of aldehydes is 1. The van der Waals surface area contributed by atoms with Crippen LogP contribution in [0, 0.1) is 20.8 Å². The van der Waals surface area contributed by atoms with Crippen molar-refractivity contribution in [1.82, 2.24) is 0 Å². The van der Waals surface area contributed by atoms with Crippen LogP contribution in [0.15, 0.2) is 4.47 Å². The van der Waals surface area contributed by atoms with Gasteiger partial charge in [0.25, 0.3) is 0 Å². The van der Waals surface area contributed by atoms with Crippen LogP contribution in [0.1, 0.15) is 33.5 Å². The van der Waals surface area contributed by atoms with Crippen LogP contribution in [0.5, 0.6) is 5.75 Å². The van der Waals surface area contributed by atoms with E-state index in [1.807, 2.05) is 20.8 Å². The molecule has 0 spiro atoms. The van der Waals surface area contributed by atoms with Gasteiger partial charge < -0.3 is 9.53 Å². The first-order valence-electron chi connectivity index (χ1n) is 5.25. The third kappa shape index (κ3) is 2.41. The molecule has 0 saturated heterocycles. The molecule has 0 unspecified atom stereocenters. The topological polar surface area (TPSA) is 43.4 Å². The number of halogens is 1. The molecule has 1 aromatic carbocycles. The predicted molar refractivity (Wildman–Crippen MR) is 69.9 cm³/mol. The first-order valence-corrected chi connectivity index (χ1v) is 6.05. The first kappa shape index (κ1) is 13.9. The lowest BCUT2D eigenvalue weighted by Gasteiger charge is -2.17. The van der Waals surface area contributed by atoms with Gasteiger partial charge in [-0.2, -0.15) is 0 Å². The van der Waals surface area contributed by atoms with Crippen molar-refractivity contribution < 1.29 is 14.3 Å². The van der Waals surface area contributed by atoms with Crippen LogP contribution >= 0.6 is 15.9 Å². The van der Waals surface area contributed by atoms with E-state index >= 15 is 0 Å². The van der Waals surface area contributed by atoms with Crippen molar-refractivity contribution in [1.29, 1.82) is 0 Å². The van der Waals surface area contributed by atoms with Crippen LogP contribution in [0.4, 0.5) is 0 Å². The van der Waals surface area contributed by atoms with Crippen LogP contribution in [-0.4, -0.2) is 19.2 Å². The van der Waals surface area contributed by atoms with Crippen molar-refractivity contribution in [3.63, 3.8) is 0 Å². The summed E-state index contributed by atoms with van der Waals surface area (Å²) in [6.45, 7) is 5.70. The summed E-state index contributed by atoms with van der Waals surface area (Å²) in [6, 6.07) is 0. The molecule has 0 heterocycles. The molecule has 0 aliphatic heterocycles. The Morgan fingerprint density at radius 1 is 1.24 bits per heavy atom. The lowest BCUT2D eigenvalue weighted by atomic mass is 9.95. The van der Waals surface area contributed by atoms with Crippen LogP contribution in [0.25, 0.3) is 0 Å². The number of ketones is 1. The molecule has 1 rings (SSSR count). The third-order valence-electron chi connectivity index (χ3n) is 2.92. The van der Waals surface area contributed by atoms with Gasteiger partial charge in [0.1, 0.15) is 12.0 Å². The Morgan fingerprint density at radius 2 is 1.82 bits per heavy atom. The average molecular weight is 299 g/mol. The molecule has 0 N–H and O–H groups in total. The molecule has 0 atom stereocenters. The van der Waals surface area contributed by atoms with Gasteiger partial charge in [0.05, 0.1) is 19.1 Å². The molecule has 0 aliphatic carbocycles. The van der Waals surface area contributed by atoms with Crippen molar-refractivity contribution >= 4 is 28.0 Å². The van der Waals surface area contributed by atoms with Crippen LogP contribution in [-0.2, 0) is 4.79 Å². The van der Waals surface area contributed by atoms with E-state index in [-0.39, 0.29) is 12.2 Å². The lowest BCUT2D eigenvalue weighted by molar-refractivity contribution is -0.107. The predicted octanol–water partition coefficient (Wildman–Crippen LogP) is 3.15. The molecule has 3 nitrogen and oxygen atoms in total. The fraction of sp³-hybridized carbons (Fsp3) is 0.385. The average Bonchev–Trinajstić information content (AvgIpc) is 2.31. The maximum Gasteiger partial charge on any atom is 0.173 e. The van der Waals surface area contributed by atoms with Crippen molar-refractivity contribution in [2.45, 2.75) is 27.2 Å². The second kappa shape index (κ2) is 5.45.